The number of benzene rings is 4. The minimum absolute atomic E-state index is 0.0457. The number of para-hydroxylation sites is 1. The Morgan fingerprint density at radius 3 is 2.20 bits per heavy atom. The van der Waals surface area contributed by atoms with Gasteiger partial charge < -0.3 is 10.1 Å². The third-order valence-corrected chi connectivity index (χ3v) is 9.63. The number of nitrogens with one attached hydrogen (secondary N) is 2. The summed E-state index contributed by atoms with van der Waals surface area (Å²) in [7, 11) is -7.58. The van der Waals surface area contributed by atoms with Crippen molar-refractivity contribution in [1.82, 2.24) is 0 Å². The van der Waals surface area contributed by atoms with Crippen molar-refractivity contribution in [3.8, 4) is 5.75 Å². The van der Waals surface area contributed by atoms with Crippen LogP contribution in [0.1, 0.15) is 5.56 Å². The van der Waals surface area contributed by atoms with Crippen LogP contribution in [-0.4, -0.2) is 35.9 Å². The predicted molar refractivity (Wildman–Crippen MR) is 154 cm³/mol. The molecule has 5 rings (SSSR count). The van der Waals surface area contributed by atoms with Crippen molar-refractivity contribution >= 4 is 54.6 Å². The smallest absolute Gasteiger partial charge is 0.264 e. The molecule has 0 radical (unpaired) electrons. The first-order chi connectivity index (χ1) is 19.1. The molecule has 0 atom stereocenters. The summed E-state index contributed by atoms with van der Waals surface area (Å²) in [6.45, 7) is -0.0500. The van der Waals surface area contributed by atoms with Gasteiger partial charge in [0.05, 0.1) is 15.5 Å². The fourth-order valence-electron chi connectivity index (χ4n) is 4.19. The normalized spacial score (nSPS) is 13.0. The maximum absolute atomic E-state index is 13.2. The Kier molecular flexibility index (Phi) is 7.70. The van der Waals surface area contributed by atoms with E-state index in [0.29, 0.717) is 34.3 Å². The van der Waals surface area contributed by atoms with Crippen molar-refractivity contribution in [3.05, 3.63) is 108 Å². The third kappa shape index (κ3) is 6.06. The summed E-state index contributed by atoms with van der Waals surface area (Å²) in [6.07, 6.45) is 0.548. The number of carbonyl (C=O) groups excluding carboxylic acids is 1. The molecule has 4 aromatic carbocycles. The van der Waals surface area contributed by atoms with Gasteiger partial charge in [-0.2, -0.15) is 0 Å². The average Bonchev–Trinajstić information content (AvgIpc) is 3.37. The zero-order chi connectivity index (χ0) is 28.3. The molecular formula is C28H24ClN3O6S2. The molecule has 4 aromatic rings. The number of hydrogen-bond donors (Lipinski definition) is 2. The van der Waals surface area contributed by atoms with Crippen LogP contribution in [0.5, 0.6) is 5.75 Å². The van der Waals surface area contributed by atoms with E-state index in [1.54, 1.807) is 48.5 Å². The number of carbonyl (C=O) groups is 1. The van der Waals surface area contributed by atoms with Crippen LogP contribution < -0.4 is 19.1 Å². The maximum Gasteiger partial charge on any atom is 0.264 e. The molecule has 0 saturated carbocycles. The largest absolute Gasteiger partial charge is 0.484 e. The summed E-state index contributed by atoms with van der Waals surface area (Å²) in [5, 5.41) is 3.15. The number of rotatable bonds is 9. The summed E-state index contributed by atoms with van der Waals surface area (Å²) in [5.74, 6) is -0.157. The van der Waals surface area contributed by atoms with E-state index in [4.69, 9.17) is 16.3 Å². The highest BCUT2D eigenvalue weighted by molar-refractivity contribution is 7.93. The molecule has 40 heavy (non-hydrogen) atoms. The van der Waals surface area contributed by atoms with Crippen LogP contribution in [-0.2, 0) is 31.3 Å². The number of fused-ring (bicyclic) bond motifs is 1. The molecule has 206 valence electrons. The first-order valence-electron chi connectivity index (χ1n) is 12.1. The molecule has 1 amide bonds. The lowest BCUT2D eigenvalue weighted by molar-refractivity contribution is -0.118. The van der Waals surface area contributed by atoms with Crippen LogP contribution in [0, 0.1) is 0 Å². The Labute approximate surface area is 237 Å². The van der Waals surface area contributed by atoms with Crippen molar-refractivity contribution in [1.29, 1.82) is 0 Å². The molecule has 12 heteroatoms. The van der Waals surface area contributed by atoms with Gasteiger partial charge in [-0.1, -0.05) is 35.9 Å². The second-order valence-electron chi connectivity index (χ2n) is 8.90. The topological polar surface area (TPSA) is 122 Å². The number of hydrogen-bond acceptors (Lipinski definition) is 6. The summed E-state index contributed by atoms with van der Waals surface area (Å²) in [5.41, 5.74) is 2.20. The fraction of sp³-hybridized carbons (Fsp3) is 0.107. The lowest BCUT2D eigenvalue weighted by atomic mass is 10.1. The third-order valence-electron chi connectivity index (χ3n) is 6.15. The van der Waals surface area contributed by atoms with E-state index >= 15 is 0 Å². The Morgan fingerprint density at radius 2 is 1.50 bits per heavy atom. The molecule has 1 heterocycles. The zero-order valence-electron chi connectivity index (χ0n) is 21.0. The van der Waals surface area contributed by atoms with Gasteiger partial charge in [0.15, 0.2) is 6.61 Å². The predicted octanol–water partition coefficient (Wildman–Crippen LogP) is 4.91. The Balaban J connectivity index is 1.21. The van der Waals surface area contributed by atoms with Gasteiger partial charge in [0, 0.05) is 22.9 Å². The highest BCUT2D eigenvalue weighted by Gasteiger charge is 2.31. The molecular weight excluding hydrogens is 574 g/mol. The summed E-state index contributed by atoms with van der Waals surface area (Å²) >= 11 is 5.90. The highest BCUT2D eigenvalue weighted by atomic mass is 35.5. The van der Waals surface area contributed by atoms with Crippen molar-refractivity contribution in [2.45, 2.75) is 16.2 Å². The van der Waals surface area contributed by atoms with E-state index in [9.17, 15) is 21.6 Å². The average molecular weight is 598 g/mol. The molecule has 1 aliphatic heterocycles. The number of sulfonamides is 2. The molecule has 0 saturated heterocycles. The van der Waals surface area contributed by atoms with E-state index in [-0.39, 0.29) is 22.9 Å². The van der Waals surface area contributed by atoms with E-state index in [2.05, 4.69) is 10.0 Å². The van der Waals surface area contributed by atoms with Crippen LogP contribution in [0.25, 0.3) is 0 Å². The van der Waals surface area contributed by atoms with Gasteiger partial charge >= 0.3 is 0 Å². The molecule has 0 aromatic heterocycles. The SMILES string of the molecule is O=C(COc1ccc(S(=O)(=O)Nc2ccccc2)cc1)Nc1ccc2c(c1)N(S(=O)(=O)c1ccc(Cl)cc1)CC2. The van der Waals surface area contributed by atoms with Crippen LogP contribution in [0.2, 0.25) is 5.02 Å². The maximum atomic E-state index is 13.2. The summed E-state index contributed by atoms with van der Waals surface area (Å²) in [4.78, 5) is 12.7. The van der Waals surface area contributed by atoms with Crippen LogP contribution in [0.3, 0.4) is 0 Å². The highest BCUT2D eigenvalue weighted by Crippen LogP contribution is 2.35. The van der Waals surface area contributed by atoms with Gasteiger partial charge in [-0.3, -0.25) is 13.8 Å². The first-order valence-corrected chi connectivity index (χ1v) is 15.4. The number of anilines is 3. The van der Waals surface area contributed by atoms with Gasteiger partial charge in [-0.15, -0.1) is 0 Å². The lowest BCUT2D eigenvalue weighted by Crippen LogP contribution is -2.29. The fourth-order valence-corrected chi connectivity index (χ4v) is 6.87. The van der Waals surface area contributed by atoms with Gasteiger partial charge in [0.2, 0.25) is 0 Å². The number of halogens is 1. The van der Waals surface area contributed by atoms with Crippen molar-refractivity contribution in [3.63, 3.8) is 0 Å². The minimum atomic E-state index is -3.80. The summed E-state index contributed by atoms with van der Waals surface area (Å²) < 4.78 is 60.9. The zero-order valence-corrected chi connectivity index (χ0v) is 23.3. The summed E-state index contributed by atoms with van der Waals surface area (Å²) in [6, 6.07) is 25.3. The Hall–Kier alpha value is -4.06. The number of amides is 1. The van der Waals surface area contributed by atoms with Gasteiger partial charge in [-0.25, -0.2) is 16.8 Å². The van der Waals surface area contributed by atoms with Crippen molar-refractivity contribution < 1.29 is 26.4 Å². The van der Waals surface area contributed by atoms with Crippen LogP contribution in [0.4, 0.5) is 17.1 Å². The Morgan fingerprint density at radius 1 is 0.825 bits per heavy atom. The van der Waals surface area contributed by atoms with Gasteiger partial charge in [0.25, 0.3) is 26.0 Å². The molecule has 0 unspecified atom stereocenters. The second-order valence-corrected chi connectivity index (χ2v) is 12.9. The molecule has 0 bridgehead atoms. The molecule has 9 nitrogen and oxygen atoms in total. The van der Waals surface area contributed by atoms with Crippen molar-refractivity contribution in [2.24, 2.45) is 0 Å². The number of ether oxygens (including phenoxy) is 1. The standard InChI is InChI=1S/C28H24ClN3O6S2/c29-21-7-12-26(13-8-21)40(36,37)32-17-16-20-6-9-23(18-27(20)32)30-28(33)19-38-24-10-14-25(15-11-24)39(34,35)31-22-4-2-1-3-5-22/h1-15,18,31H,16-17,19H2,(H,30,33). The van der Waals surface area contributed by atoms with Crippen LogP contribution in [0.15, 0.2) is 107 Å². The number of nitrogens with zero attached hydrogens (tertiary/aromatic N) is 1. The molecule has 1 aliphatic rings. The molecule has 0 fully saturated rings. The first kappa shape index (κ1) is 27.5. The van der Waals surface area contributed by atoms with E-state index in [1.807, 2.05) is 0 Å². The Bertz CT molecular complexity index is 1750. The van der Waals surface area contributed by atoms with Gasteiger partial charge in [-0.05, 0) is 84.8 Å². The monoisotopic (exact) mass is 597 g/mol. The quantitative estimate of drug-likeness (QED) is 0.283. The molecule has 0 aliphatic carbocycles. The minimum Gasteiger partial charge on any atom is -0.484 e. The van der Waals surface area contributed by atoms with Gasteiger partial charge in [0.1, 0.15) is 5.75 Å². The molecule has 0 spiro atoms. The lowest BCUT2D eigenvalue weighted by Gasteiger charge is -2.20. The van der Waals surface area contributed by atoms with Crippen molar-refractivity contribution in [2.75, 3.05) is 27.5 Å². The van der Waals surface area contributed by atoms with E-state index < -0.39 is 26.0 Å². The second kappa shape index (κ2) is 11.2. The van der Waals surface area contributed by atoms with E-state index in [1.165, 1.54) is 52.8 Å². The van der Waals surface area contributed by atoms with E-state index in [0.717, 1.165) is 5.56 Å². The molecule has 2 N–H and O–H groups in total. The van der Waals surface area contributed by atoms with Crippen LogP contribution >= 0.6 is 11.6 Å².